The zero-order chi connectivity index (χ0) is 15.7. The molecule has 4 nitrogen and oxygen atoms in total. The van der Waals surface area contributed by atoms with E-state index < -0.39 is 6.10 Å². The standard InChI is InChI=1S/C18H28O4/c1-11-15(7-6-14-9-13(19)10-18(21)22-14)16-5-3-2-4-12(16)8-17(11)20/h8,11,13-17,19-20H,2-7,9-10H2,1H3. The Hall–Kier alpha value is -0.870. The van der Waals surface area contributed by atoms with Gasteiger partial charge < -0.3 is 14.9 Å². The fraction of sp³-hybridized carbons (Fsp3) is 0.833. The van der Waals surface area contributed by atoms with Gasteiger partial charge in [-0.25, -0.2) is 0 Å². The van der Waals surface area contributed by atoms with Crippen LogP contribution in [0.3, 0.4) is 0 Å². The molecule has 124 valence electrons. The van der Waals surface area contributed by atoms with Crippen LogP contribution in [0.4, 0.5) is 0 Å². The Kier molecular flexibility index (Phi) is 4.88. The van der Waals surface area contributed by atoms with Crippen molar-refractivity contribution in [1.29, 1.82) is 0 Å². The molecule has 1 saturated carbocycles. The van der Waals surface area contributed by atoms with E-state index in [1.54, 1.807) is 0 Å². The first-order valence-electron chi connectivity index (χ1n) is 8.80. The molecular formula is C18H28O4. The fourth-order valence-corrected chi connectivity index (χ4v) is 4.63. The molecule has 6 atom stereocenters. The molecule has 0 radical (unpaired) electrons. The molecule has 0 aromatic rings. The normalized spacial score (nSPS) is 42.3. The number of ether oxygens (including phenoxy) is 1. The molecule has 1 aliphatic heterocycles. The highest BCUT2D eigenvalue weighted by atomic mass is 16.5. The van der Waals surface area contributed by atoms with E-state index in [2.05, 4.69) is 13.0 Å². The molecule has 1 heterocycles. The van der Waals surface area contributed by atoms with E-state index in [1.165, 1.54) is 24.8 Å². The average molecular weight is 308 g/mol. The van der Waals surface area contributed by atoms with Crippen molar-refractivity contribution in [2.45, 2.75) is 76.6 Å². The van der Waals surface area contributed by atoms with Crippen LogP contribution in [-0.4, -0.2) is 34.5 Å². The van der Waals surface area contributed by atoms with Crippen molar-refractivity contribution in [2.24, 2.45) is 17.8 Å². The maximum atomic E-state index is 11.4. The van der Waals surface area contributed by atoms with Crippen LogP contribution in [0.1, 0.15) is 58.3 Å². The molecule has 3 aliphatic rings. The first-order chi connectivity index (χ1) is 10.5. The predicted octanol–water partition coefficient (Wildman–Crippen LogP) is 2.58. The van der Waals surface area contributed by atoms with Crippen LogP contribution in [0.5, 0.6) is 0 Å². The van der Waals surface area contributed by atoms with Crippen LogP contribution in [0.25, 0.3) is 0 Å². The Labute approximate surface area is 132 Å². The second-order valence-corrected chi connectivity index (χ2v) is 7.39. The van der Waals surface area contributed by atoms with Crippen LogP contribution in [0.2, 0.25) is 0 Å². The van der Waals surface area contributed by atoms with Crippen molar-refractivity contribution in [3.63, 3.8) is 0 Å². The van der Waals surface area contributed by atoms with Gasteiger partial charge in [0.15, 0.2) is 0 Å². The van der Waals surface area contributed by atoms with Crippen LogP contribution in [-0.2, 0) is 9.53 Å². The van der Waals surface area contributed by atoms with E-state index in [4.69, 9.17) is 4.74 Å². The predicted molar refractivity (Wildman–Crippen MR) is 83.1 cm³/mol. The van der Waals surface area contributed by atoms with Gasteiger partial charge in [0.25, 0.3) is 0 Å². The quantitative estimate of drug-likeness (QED) is 0.621. The molecule has 0 aromatic carbocycles. The van der Waals surface area contributed by atoms with E-state index >= 15 is 0 Å². The molecule has 2 aliphatic carbocycles. The molecule has 4 heteroatoms. The highest BCUT2D eigenvalue weighted by Crippen LogP contribution is 2.45. The van der Waals surface area contributed by atoms with Gasteiger partial charge in [-0.2, -0.15) is 0 Å². The van der Waals surface area contributed by atoms with Crippen LogP contribution >= 0.6 is 0 Å². The minimum absolute atomic E-state index is 0.130. The number of esters is 1. The lowest BCUT2D eigenvalue weighted by Crippen LogP contribution is -2.38. The number of hydrogen-bond donors (Lipinski definition) is 2. The summed E-state index contributed by atoms with van der Waals surface area (Å²) in [6.07, 6.45) is 8.36. The van der Waals surface area contributed by atoms with E-state index in [1.807, 2.05) is 0 Å². The summed E-state index contributed by atoms with van der Waals surface area (Å²) < 4.78 is 5.37. The molecule has 22 heavy (non-hydrogen) atoms. The SMILES string of the molecule is CC1C(O)C=C2CCCCC2C1CCC1CC(O)CC(=O)O1. The molecule has 2 fully saturated rings. The second kappa shape index (κ2) is 6.71. The van der Waals surface area contributed by atoms with E-state index in [0.29, 0.717) is 18.3 Å². The third kappa shape index (κ3) is 3.38. The number of aliphatic hydroxyl groups is 2. The number of rotatable bonds is 3. The highest BCUT2D eigenvalue weighted by Gasteiger charge is 2.38. The molecule has 1 saturated heterocycles. The fourth-order valence-electron chi connectivity index (χ4n) is 4.63. The van der Waals surface area contributed by atoms with Crippen molar-refractivity contribution in [3.8, 4) is 0 Å². The van der Waals surface area contributed by atoms with Crippen molar-refractivity contribution < 1.29 is 19.7 Å². The number of allylic oxidation sites excluding steroid dienone is 1. The third-order valence-corrected chi connectivity index (χ3v) is 5.88. The summed E-state index contributed by atoms with van der Waals surface area (Å²) in [5, 5.41) is 20.0. The van der Waals surface area contributed by atoms with Gasteiger partial charge in [-0.15, -0.1) is 0 Å². The third-order valence-electron chi connectivity index (χ3n) is 5.88. The average Bonchev–Trinajstić information content (AvgIpc) is 2.47. The molecule has 0 amide bonds. The molecule has 0 aromatic heterocycles. The van der Waals surface area contributed by atoms with Gasteiger partial charge in [0.05, 0.1) is 18.6 Å². The van der Waals surface area contributed by atoms with Crippen molar-refractivity contribution in [2.75, 3.05) is 0 Å². The number of carbonyl (C=O) groups is 1. The van der Waals surface area contributed by atoms with Crippen LogP contribution in [0.15, 0.2) is 11.6 Å². The van der Waals surface area contributed by atoms with Gasteiger partial charge >= 0.3 is 5.97 Å². The summed E-state index contributed by atoms with van der Waals surface area (Å²) in [6, 6.07) is 0. The molecule has 2 N–H and O–H groups in total. The zero-order valence-corrected chi connectivity index (χ0v) is 13.4. The minimum Gasteiger partial charge on any atom is -0.462 e. The first kappa shape index (κ1) is 16.0. The smallest absolute Gasteiger partial charge is 0.308 e. The Balaban J connectivity index is 1.63. The lowest BCUT2D eigenvalue weighted by molar-refractivity contribution is -0.160. The first-order valence-corrected chi connectivity index (χ1v) is 8.80. The van der Waals surface area contributed by atoms with E-state index in [9.17, 15) is 15.0 Å². The number of carbonyl (C=O) groups excluding carboxylic acids is 1. The number of cyclic esters (lactones) is 1. The van der Waals surface area contributed by atoms with E-state index in [-0.39, 0.29) is 30.5 Å². The summed E-state index contributed by atoms with van der Waals surface area (Å²) in [4.78, 5) is 11.4. The Morgan fingerprint density at radius 1 is 1.27 bits per heavy atom. The summed E-state index contributed by atoms with van der Waals surface area (Å²) in [7, 11) is 0. The lowest BCUT2D eigenvalue weighted by atomic mass is 9.64. The highest BCUT2D eigenvalue weighted by molar-refractivity contribution is 5.70. The number of fused-ring (bicyclic) bond motifs is 1. The summed E-state index contributed by atoms with van der Waals surface area (Å²) >= 11 is 0. The summed E-state index contributed by atoms with van der Waals surface area (Å²) in [5.74, 6) is 1.04. The molecule has 0 spiro atoms. The van der Waals surface area contributed by atoms with E-state index in [0.717, 1.165) is 19.3 Å². The monoisotopic (exact) mass is 308 g/mol. The van der Waals surface area contributed by atoms with Gasteiger partial charge in [0.1, 0.15) is 6.10 Å². The van der Waals surface area contributed by atoms with Crippen molar-refractivity contribution >= 4 is 5.97 Å². The Bertz CT molecular complexity index is 444. The van der Waals surface area contributed by atoms with Gasteiger partial charge in [0, 0.05) is 6.42 Å². The second-order valence-electron chi connectivity index (χ2n) is 7.39. The van der Waals surface area contributed by atoms with Crippen molar-refractivity contribution in [3.05, 3.63) is 11.6 Å². The maximum absolute atomic E-state index is 11.4. The lowest BCUT2D eigenvalue weighted by Gasteiger charge is -2.42. The van der Waals surface area contributed by atoms with Gasteiger partial charge in [-0.1, -0.05) is 25.0 Å². The summed E-state index contributed by atoms with van der Waals surface area (Å²) in [6.45, 7) is 2.14. The van der Waals surface area contributed by atoms with Gasteiger partial charge in [-0.3, -0.25) is 4.79 Å². The van der Waals surface area contributed by atoms with Crippen LogP contribution in [0, 0.1) is 17.8 Å². The van der Waals surface area contributed by atoms with Gasteiger partial charge in [-0.05, 0) is 49.9 Å². The summed E-state index contributed by atoms with van der Waals surface area (Å²) in [5.41, 5.74) is 1.45. The topological polar surface area (TPSA) is 66.8 Å². The molecule has 3 rings (SSSR count). The minimum atomic E-state index is -0.550. The zero-order valence-electron chi connectivity index (χ0n) is 13.4. The molecule has 0 bridgehead atoms. The van der Waals surface area contributed by atoms with Crippen molar-refractivity contribution in [1.82, 2.24) is 0 Å². The number of aliphatic hydroxyl groups excluding tert-OH is 2. The maximum Gasteiger partial charge on any atom is 0.308 e. The molecular weight excluding hydrogens is 280 g/mol. The Morgan fingerprint density at radius 3 is 2.86 bits per heavy atom. The van der Waals surface area contributed by atoms with Gasteiger partial charge in [0.2, 0.25) is 0 Å². The Morgan fingerprint density at radius 2 is 2.09 bits per heavy atom. The van der Waals surface area contributed by atoms with Crippen LogP contribution < -0.4 is 0 Å². The molecule has 6 unspecified atom stereocenters. The number of hydrogen-bond acceptors (Lipinski definition) is 4. The largest absolute Gasteiger partial charge is 0.462 e.